The van der Waals surface area contributed by atoms with Gasteiger partial charge in [0.25, 0.3) is 0 Å². The van der Waals surface area contributed by atoms with E-state index in [9.17, 15) is 4.79 Å². The average molecular weight is 355 g/mol. The van der Waals surface area contributed by atoms with Crippen LogP contribution in [0.25, 0.3) is 10.2 Å². The quantitative estimate of drug-likeness (QED) is 0.635. The Kier molecular flexibility index (Phi) is 4.64. The molecule has 3 rings (SSSR count). The summed E-state index contributed by atoms with van der Waals surface area (Å²) in [7, 11) is 0. The molecule has 0 atom stereocenters. The van der Waals surface area contributed by atoms with E-state index in [1.165, 1.54) is 16.2 Å². The second-order valence-corrected chi connectivity index (χ2v) is 6.24. The van der Waals surface area contributed by atoms with Crippen LogP contribution in [-0.2, 0) is 0 Å². The van der Waals surface area contributed by atoms with Gasteiger partial charge < -0.3 is 14.9 Å². The van der Waals surface area contributed by atoms with Crippen LogP contribution >= 0.6 is 11.3 Å². The Morgan fingerprint density at radius 3 is 2.64 bits per heavy atom. The number of anilines is 2. The predicted molar refractivity (Wildman–Crippen MR) is 93.7 cm³/mol. The number of nitrogens with one attached hydrogen (secondary N) is 1. The second kappa shape index (κ2) is 7.03. The van der Waals surface area contributed by atoms with Crippen molar-refractivity contribution in [1.29, 1.82) is 10.5 Å². The topological polar surface area (TPSA) is 129 Å². The lowest BCUT2D eigenvalue weighted by atomic mass is 10.3. The lowest BCUT2D eigenvalue weighted by Crippen LogP contribution is -2.48. The molecule has 2 aromatic rings. The summed E-state index contributed by atoms with van der Waals surface area (Å²) in [4.78, 5) is 19.0. The van der Waals surface area contributed by atoms with E-state index in [0.717, 1.165) is 15.3 Å². The first kappa shape index (κ1) is 16.5. The largest absolute Gasteiger partial charge is 0.465 e. The molecule has 0 aliphatic carbocycles. The van der Waals surface area contributed by atoms with Crippen LogP contribution in [-0.4, -0.2) is 53.0 Å². The molecule has 9 nitrogen and oxygen atoms in total. The van der Waals surface area contributed by atoms with Crippen LogP contribution < -0.4 is 10.3 Å². The van der Waals surface area contributed by atoms with Gasteiger partial charge in [0.1, 0.15) is 12.1 Å². The number of hydrazone groups is 1. The van der Waals surface area contributed by atoms with Gasteiger partial charge in [-0.2, -0.15) is 15.6 Å². The number of hydrogen-bond acceptors (Lipinski definition) is 8. The molecule has 126 valence electrons. The number of carbonyl (C=O) groups is 1. The molecule has 1 fully saturated rings. The Morgan fingerprint density at radius 1 is 1.28 bits per heavy atom. The van der Waals surface area contributed by atoms with E-state index in [1.807, 2.05) is 12.1 Å². The van der Waals surface area contributed by atoms with E-state index in [1.54, 1.807) is 18.2 Å². The summed E-state index contributed by atoms with van der Waals surface area (Å²) in [6.07, 6.45) is -0.894. The van der Waals surface area contributed by atoms with E-state index in [2.05, 4.69) is 20.4 Å². The maximum atomic E-state index is 11.0. The predicted octanol–water partition coefficient (Wildman–Crippen LogP) is 1.91. The van der Waals surface area contributed by atoms with E-state index in [4.69, 9.17) is 15.6 Å². The van der Waals surface area contributed by atoms with E-state index >= 15 is 0 Å². The number of piperazine rings is 1. The van der Waals surface area contributed by atoms with Crippen LogP contribution in [0.5, 0.6) is 0 Å². The Bertz CT molecular complexity index is 900. The highest BCUT2D eigenvalue weighted by Gasteiger charge is 2.22. The lowest BCUT2D eigenvalue weighted by molar-refractivity contribution is 0.142. The molecule has 25 heavy (non-hydrogen) atoms. The van der Waals surface area contributed by atoms with Gasteiger partial charge in [-0.3, -0.25) is 5.43 Å². The molecule has 0 unspecified atom stereocenters. The standard InChI is InChI=1S/C15H13N7O2S/c16-8-11(9-17)20-19-10-1-2-12-13(7-10)25-14(18-12)21-3-5-22(6-4-21)15(23)24/h1-2,7,19H,3-6H2,(H,23,24). The lowest BCUT2D eigenvalue weighted by Gasteiger charge is -2.32. The minimum absolute atomic E-state index is 0.249. The minimum Gasteiger partial charge on any atom is -0.465 e. The summed E-state index contributed by atoms with van der Waals surface area (Å²) in [5.41, 5.74) is 3.92. The first-order valence-electron chi connectivity index (χ1n) is 7.38. The number of amides is 1. The maximum absolute atomic E-state index is 11.0. The zero-order chi connectivity index (χ0) is 17.8. The van der Waals surface area contributed by atoms with Gasteiger partial charge in [0, 0.05) is 26.2 Å². The molecular formula is C15H13N7O2S. The molecule has 1 aromatic heterocycles. The second-order valence-electron chi connectivity index (χ2n) is 5.23. The highest BCUT2D eigenvalue weighted by molar-refractivity contribution is 7.22. The third-order valence-corrected chi connectivity index (χ3v) is 4.79. The van der Waals surface area contributed by atoms with Gasteiger partial charge in [0.15, 0.2) is 5.13 Å². The zero-order valence-electron chi connectivity index (χ0n) is 13.0. The van der Waals surface area contributed by atoms with Crippen molar-refractivity contribution in [3.05, 3.63) is 18.2 Å². The molecule has 2 heterocycles. The third-order valence-electron chi connectivity index (χ3n) is 3.71. The summed E-state index contributed by atoms with van der Waals surface area (Å²) >= 11 is 1.50. The van der Waals surface area contributed by atoms with Gasteiger partial charge in [-0.1, -0.05) is 11.3 Å². The van der Waals surface area contributed by atoms with Crippen LogP contribution in [0.4, 0.5) is 15.6 Å². The maximum Gasteiger partial charge on any atom is 0.407 e. The number of thiazole rings is 1. The monoisotopic (exact) mass is 355 g/mol. The fourth-order valence-electron chi connectivity index (χ4n) is 2.40. The number of nitrogens with zero attached hydrogens (tertiary/aromatic N) is 6. The molecule has 2 N–H and O–H groups in total. The zero-order valence-corrected chi connectivity index (χ0v) is 13.8. The molecular weight excluding hydrogens is 342 g/mol. The summed E-state index contributed by atoms with van der Waals surface area (Å²) in [6, 6.07) is 8.81. The Morgan fingerprint density at radius 2 is 2.00 bits per heavy atom. The van der Waals surface area contributed by atoms with Crippen LogP contribution in [0.15, 0.2) is 23.3 Å². The van der Waals surface area contributed by atoms with E-state index < -0.39 is 6.09 Å². The average Bonchev–Trinajstić information content (AvgIpc) is 3.06. The summed E-state index contributed by atoms with van der Waals surface area (Å²) in [6.45, 7) is 2.13. The van der Waals surface area contributed by atoms with E-state index in [-0.39, 0.29) is 5.71 Å². The number of nitriles is 2. The van der Waals surface area contributed by atoms with Crippen molar-refractivity contribution in [1.82, 2.24) is 9.88 Å². The molecule has 1 aliphatic heterocycles. The van der Waals surface area contributed by atoms with Crippen LogP contribution in [0, 0.1) is 22.7 Å². The number of rotatable bonds is 3. The molecule has 0 radical (unpaired) electrons. The number of carboxylic acid groups (broad SMARTS) is 1. The normalized spacial score (nSPS) is 13.8. The summed E-state index contributed by atoms with van der Waals surface area (Å²) in [5, 5.41) is 30.9. The van der Waals surface area contributed by atoms with Crippen molar-refractivity contribution in [2.24, 2.45) is 5.10 Å². The van der Waals surface area contributed by atoms with Crippen molar-refractivity contribution in [2.75, 3.05) is 36.5 Å². The van der Waals surface area contributed by atoms with Crippen LogP contribution in [0.2, 0.25) is 0 Å². The highest BCUT2D eigenvalue weighted by atomic mass is 32.1. The first-order valence-corrected chi connectivity index (χ1v) is 8.19. The van der Waals surface area contributed by atoms with Gasteiger partial charge in [0.05, 0.1) is 15.9 Å². The van der Waals surface area contributed by atoms with Crippen LogP contribution in [0.3, 0.4) is 0 Å². The number of aromatic nitrogens is 1. The molecule has 1 amide bonds. The highest BCUT2D eigenvalue weighted by Crippen LogP contribution is 2.31. The summed E-state index contributed by atoms with van der Waals surface area (Å²) in [5.74, 6) is 0. The van der Waals surface area contributed by atoms with E-state index in [0.29, 0.717) is 31.9 Å². The van der Waals surface area contributed by atoms with Gasteiger partial charge >= 0.3 is 6.09 Å². The minimum atomic E-state index is -0.894. The Balaban J connectivity index is 1.75. The SMILES string of the molecule is N#CC(C#N)=NNc1ccc2nc(N3CCN(C(=O)O)CC3)sc2c1. The molecule has 1 aliphatic rings. The van der Waals surface area contributed by atoms with Crippen molar-refractivity contribution < 1.29 is 9.90 Å². The van der Waals surface area contributed by atoms with Gasteiger partial charge in [0.2, 0.25) is 5.71 Å². The van der Waals surface area contributed by atoms with Crippen LogP contribution in [0.1, 0.15) is 0 Å². The number of fused-ring (bicyclic) bond motifs is 1. The van der Waals surface area contributed by atoms with Gasteiger partial charge in [-0.05, 0) is 18.2 Å². The molecule has 0 bridgehead atoms. The smallest absolute Gasteiger partial charge is 0.407 e. The third kappa shape index (κ3) is 3.59. The van der Waals surface area contributed by atoms with Crippen molar-refractivity contribution >= 4 is 44.2 Å². The molecule has 0 spiro atoms. The Hall–Kier alpha value is -3.37. The fraction of sp³-hybridized carbons (Fsp3) is 0.267. The first-order chi connectivity index (χ1) is 12.1. The van der Waals surface area contributed by atoms with Crippen molar-refractivity contribution in [2.45, 2.75) is 0 Å². The van der Waals surface area contributed by atoms with Gasteiger partial charge in [-0.25, -0.2) is 9.78 Å². The fourth-order valence-corrected chi connectivity index (χ4v) is 3.46. The summed E-state index contributed by atoms with van der Waals surface area (Å²) < 4.78 is 0.936. The number of benzene rings is 1. The van der Waals surface area contributed by atoms with Crippen molar-refractivity contribution in [3.63, 3.8) is 0 Å². The van der Waals surface area contributed by atoms with Gasteiger partial charge in [-0.15, -0.1) is 0 Å². The molecule has 1 saturated heterocycles. The Labute approximate surface area is 147 Å². The molecule has 10 heteroatoms. The number of hydrogen-bond donors (Lipinski definition) is 2. The molecule has 1 aromatic carbocycles. The molecule has 0 saturated carbocycles. The van der Waals surface area contributed by atoms with Crippen molar-refractivity contribution in [3.8, 4) is 12.1 Å².